The molecule has 2 rings (SSSR count). The zero-order chi connectivity index (χ0) is 14.6. The summed E-state index contributed by atoms with van der Waals surface area (Å²) < 4.78 is 26.9. The SMILES string of the molecule is CCSc1ccccc1NS(=O)(=O)c1c[nH]ccc1=O. The largest absolute Gasteiger partial charge is 0.366 e. The number of anilines is 1. The van der Waals surface area contributed by atoms with Gasteiger partial charge in [-0.15, -0.1) is 11.8 Å². The summed E-state index contributed by atoms with van der Waals surface area (Å²) in [5, 5.41) is 0. The normalized spacial score (nSPS) is 11.2. The van der Waals surface area contributed by atoms with Crippen molar-refractivity contribution >= 4 is 27.5 Å². The average molecular weight is 310 g/mol. The van der Waals surface area contributed by atoms with Crippen LogP contribution in [0.4, 0.5) is 5.69 Å². The van der Waals surface area contributed by atoms with E-state index in [4.69, 9.17) is 0 Å². The second-order valence-electron chi connectivity index (χ2n) is 3.91. The lowest BCUT2D eigenvalue weighted by Gasteiger charge is -2.11. The molecule has 0 spiro atoms. The number of para-hydroxylation sites is 1. The molecule has 5 nitrogen and oxygen atoms in total. The minimum atomic E-state index is -3.89. The van der Waals surface area contributed by atoms with Crippen molar-refractivity contribution in [2.45, 2.75) is 16.7 Å². The van der Waals surface area contributed by atoms with Gasteiger partial charge in [-0.1, -0.05) is 19.1 Å². The third kappa shape index (κ3) is 3.23. The summed E-state index contributed by atoms with van der Waals surface area (Å²) in [5.41, 5.74) is -0.0699. The third-order valence-electron chi connectivity index (χ3n) is 2.51. The van der Waals surface area contributed by atoms with E-state index in [0.29, 0.717) is 5.69 Å². The average Bonchev–Trinajstić information content (AvgIpc) is 2.41. The first-order valence-corrected chi connectivity index (χ1v) is 8.43. The Kier molecular flexibility index (Phi) is 4.51. The monoisotopic (exact) mass is 310 g/mol. The highest BCUT2D eigenvalue weighted by Crippen LogP contribution is 2.28. The van der Waals surface area contributed by atoms with Gasteiger partial charge in [0.05, 0.1) is 5.69 Å². The second-order valence-corrected chi connectivity index (χ2v) is 6.86. The Hall–Kier alpha value is -1.73. The molecule has 0 saturated carbocycles. The molecule has 2 aromatic rings. The highest BCUT2D eigenvalue weighted by atomic mass is 32.2. The van der Waals surface area contributed by atoms with Gasteiger partial charge in [-0.2, -0.15) is 0 Å². The van der Waals surface area contributed by atoms with Crippen molar-refractivity contribution in [2.24, 2.45) is 0 Å². The van der Waals surface area contributed by atoms with E-state index in [9.17, 15) is 13.2 Å². The van der Waals surface area contributed by atoms with Crippen LogP contribution >= 0.6 is 11.8 Å². The van der Waals surface area contributed by atoms with Crippen LogP contribution in [0.15, 0.2) is 57.3 Å². The fourth-order valence-electron chi connectivity index (χ4n) is 1.64. The number of thioether (sulfide) groups is 1. The number of hydrogen-bond donors (Lipinski definition) is 2. The van der Waals surface area contributed by atoms with Crippen LogP contribution in [-0.4, -0.2) is 19.2 Å². The van der Waals surface area contributed by atoms with Crippen molar-refractivity contribution in [1.29, 1.82) is 0 Å². The van der Waals surface area contributed by atoms with Crippen LogP contribution in [0.25, 0.3) is 0 Å². The number of benzene rings is 1. The van der Waals surface area contributed by atoms with Crippen molar-refractivity contribution in [1.82, 2.24) is 4.98 Å². The highest BCUT2D eigenvalue weighted by Gasteiger charge is 2.18. The molecule has 2 N–H and O–H groups in total. The molecular weight excluding hydrogens is 296 g/mol. The minimum Gasteiger partial charge on any atom is -0.366 e. The molecule has 0 radical (unpaired) electrons. The summed E-state index contributed by atoms with van der Waals surface area (Å²) in [6.45, 7) is 1.98. The van der Waals surface area contributed by atoms with Gasteiger partial charge in [0.25, 0.3) is 10.0 Å². The molecule has 1 aromatic heterocycles. The van der Waals surface area contributed by atoms with Crippen LogP contribution in [0.2, 0.25) is 0 Å². The Labute approximate surface area is 121 Å². The van der Waals surface area contributed by atoms with E-state index >= 15 is 0 Å². The number of nitrogens with one attached hydrogen (secondary N) is 2. The molecule has 1 heterocycles. The van der Waals surface area contributed by atoms with E-state index in [1.54, 1.807) is 12.1 Å². The first kappa shape index (κ1) is 14.7. The van der Waals surface area contributed by atoms with Crippen molar-refractivity contribution in [2.75, 3.05) is 10.5 Å². The Morgan fingerprint density at radius 3 is 2.70 bits per heavy atom. The van der Waals surface area contributed by atoms with Crippen LogP contribution in [0.3, 0.4) is 0 Å². The first-order valence-electron chi connectivity index (χ1n) is 5.96. The molecule has 0 bridgehead atoms. The molecule has 0 atom stereocenters. The van der Waals surface area contributed by atoms with Gasteiger partial charge in [-0.3, -0.25) is 9.52 Å². The van der Waals surface area contributed by atoms with Crippen molar-refractivity contribution in [3.05, 3.63) is 52.9 Å². The van der Waals surface area contributed by atoms with Gasteiger partial charge in [-0.05, 0) is 17.9 Å². The Balaban J connectivity index is 2.39. The summed E-state index contributed by atoms with van der Waals surface area (Å²) in [7, 11) is -3.89. The van der Waals surface area contributed by atoms with Gasteiger partial charge in [0, 0.05) is 23.4 Å². The molecule has 0 aliphatic carbocycles. The number of H-pyrrole nitrogens is 1. The summed E-state index contributed by atoms with van der Waals surface area (Å²) in [5.74, 6) is 0.824. The summed E-state index contributed by atoms with van der Waals surface area (Å²) in [6, 6.07) is 8.27. The predicted octanol–water partition coefficient (Wildman–Crippen LogP) is 2.29. The van der Waals surface area contributed by atoms with E-state index in [-0.39, 0.29) is 4.90 Å². The van der Waals surface area contributed by atoms with Gasteiger partial charge in [0.15, 0.2) is 4.90 Å². The quantitative estimate of drug-likeness (QED) is 0.831. The maximum Gasteiger partial charge on any atom is 0.267 e. The number of rotatable bonds is 5. The smallest absolute Gasteiger partial charge is 0.267 e. The van der Waals surface area contributed by atoms with E-state index in [0.717, 1.165) is 10.6 Å². The topological polar surface area (TPSA) is 79.0 Å². The Morgan fingerprint density at radius 1 is 1.25 bits per heavy atom. The molecule has 0 aliphatic heterocycles. The molecule has 0 fully saturated rings. The van der Waals surface area contributed by atoms with Crippen LogP contribution < -0.4 is 10.2 Å². The molecule has 7 heteroatoms. The zero-order valence-electron chi connectivity index (χ0n) is 10.8. The Morgan fingerprint density at radius 2 is 2.00 bits per heavy atom. The van der Waals surface area contributed by atoms with E-state index < -0.39 is 15.5 Å². The summed E-state index contributed by atoms with van der Waals surface area (Å²) in [6.07, 6.45) is 2.57. The van der Waals surface area contributed by atoms with Gasteiger partial charge in [-0.25, -0.2) is 8.42 Å². The van der Waals surface area contributed by atoms with Crippen molar-refractivity contribution < 1.29 is 8.42 Å². The van der Waals surface area contributed by atoms with Crippen LogP contribution in [0, 0.1) is 0 Å². The predicted molar refractivity (Wildman–Crippen MR) is 80.7 cm³/mol. The molecule has 0 amide bonds. The van der Waals surface area contributed by atoms with Crippen LogP contribution in [0.1, 0.15) is 6.92 Å². The Bertz CT molecular complexity index is 754. The lowest BCUT2D eigenvalue weighted by atomic mass is 10.3. The molecule has 106 valence electrons. The fourth-order valence-corrected chi connectivity index (χ4v) is 3.60. The number of sulfonamides is 1. The number of aromatic nitrogens is 1. The third-order valence-corrected chi connectivity index (χ3v) is 4.85. The van der Waals surface area contributed by atoms with Gasteiger partial charge < -0.3 is 4.98 Å². The number of pyridine rings is 1. The molecule has 0 saturated heterocycles. The standard InChI is InChI=1S/C13H14N2O3S2/c1-2-19-12-6-4-3-5-10(12)15-20(17,18)13-9-14-8-7-11(13)16/h3-9,15H,2H2,1H3,(H,14,16). The van der Waals surface area contributed by atoms with Crippen molar-refractivity contribution in [3.8, 4) is 0 Å². The van der Waals surface area contributed by atoms with E-state index in [1.165, 1.54) is 30.2 Å². The highest BCUT2D eigenvalue weighted by molar-refractivity contribution is 7.99. The van der Waals surface area contributed by atoms with Gasteiger partial charge in [0.1, 0.15) is 0 Å². The second kappa shape index (κ2) is 6.15. The van der Waals surface area contributed by atoms with Crippen LogP contribution in [-0.2, 0) is 10.0 Å². The van der Waals surface area contributed by atoms with Crippen molar-refractivity contribution in [3.63, 3.8) is 0 Å². The first-order chi connectivity index (χ1) is 9.54. The minimum absolute atomic E-state index is 0.295. The zero-order valence-corrected chi connectivity index (χ0v) is 12.4. The number of aromatic amines is 1. The lowest BCUT2D eigenvalue weighted by Crippen LogP contribution is -2.21. The molecule has 0 unspecified atom stereocenters. The van der Waals surface area contributed by atoms with E-state index in [2.05, 4.69) is 9.71 Å². The lowest BCUT2D eigenvalue weighted by molar-refractivity contribution is 0.600. The maximum absolute atomic E-state index is 12.2. The number of hydrogen-bond acceptors (Lipinski definition) is 4. The summed E-state index contributed by atoms with van der Waals surface area (Å²) in [4.78, 5) is 14.8. The maximum atomic E-state index is 12.2. The van der Waals surface area contributed by atoms with Crippen LogP contribution in [0.5, 0.6) is 0 Å². The fraction of sp³-hybridized carbons (Fsp3) is 0.154. The molecule has 0 aliphatic rings. The molecule has 1 aromatic carbocycles. The molecule has 20 heavy (non-hydrogen) atoms. The summed E-state index contributed by atoms with van der Waals surface area (Å²) >= 11 is 1.53. The van der Waals surface area contributed by atoms with E-state index in [1.807, 2.05) is 19.1 Å². The molecular formula is C13H14N2O3S2. The van der Waals surface area contributed by atoms with Gasteiger partial charge in [0.2, 0.25) is 5.43 Å². The van der Waals surface area contributed by atoms with Gasteiger partial charge >= 0.3 is 0 Å².